The molecule has 8 rings (SSSR count). The number of fused-ring (bicyclic) bond motifs is 6. The number of nitrogens with zero attached hydrogens (tertiary/aromatic N) is 2. The molecule has 2 aromatic carbocycles. The van der Waals surface area contributed by atoms with E-state index in [-0.39, 0.29) is 77.8 Å². The van der Waals surface area contributed by atoms with Crippen molar-refractivity contribution < 1.29 is 109 Å². The molecule has 24 nitrogen and oxygen atoms in total. The maximum absolute atomic E-state index is 13.0. The quantitative estimate of drug-likeness (QED) is 0.103. The number of esters is 2. The highest BCUT2D eigenvalue weighted by molar-refractivity contribution is 5.98. The molecule has 64 heavy (non-hydrogen) atoms. The van der Waals surface area contributed by atoms with Crippen molar-refractivity contribution in [2.45, 2.75) is 112 Å². The van der Waals surface area contributed by atoms with Crippen LogP contribution < -0.4 is 9.47 Å². The van der Waals surface area contributed by atoms with E-state index in [0.29, 0.717) is 6.54 Å². The maximum atomic E-state index is 13.0. The third kappa shape index (κ3) is 7.89. The van der Waals surface area contributed by atoms with Gasteiger partial charge in [-0.3, -0.25) is 14.6 Å². The number of carbonyl (C=O) groups excluding carboxylic acids is 2. The Kier molecular flexibility index (Phi) is 13.7. The van der Waals surface area contributed by atoms with Gasteiger partial charge in [0.25, 0.3) is 0 Å². The number of phenols is 4. The molecule has 0 bridgehead atoms. The van der Waals surface area contributed by atoms with E-state index in [4.69, 9.17) is 28.4 Å². The van der Waals surface area contributed by atoms with Crippen molar-refractivity contribution >= 4 is 17.9 Å². The molecule has 0 aromatic heterocycles. The summed E-state index contributed by atoms with van der Waals surface area (Å²) in [6, 6.07) is -1.24. The SMILES string of the molecule is COc1c(O)c(CN2CC(O)CC2C(=O)O)c2c(c1O)C1OC(CO)C(O)C(O)C1OC2=O.COc1c(O)c(CN2CCCC2CO)c2c(c1O)C1OC(CO)C(O)C(O)C1OC2=O. The number of hydrogen-bond acceptors (Lipinski definition) is 23. The maximum Gasteiger partial charge on any atom is 0.339 e. The van der Waals surface area contributed by atoms with Crippen molar-refractivity contribution in [2.24, 2.45) is 0 Å². The molecule has 0 aliphatic carbocycles. The van der Waals surface area contributed by atoms with Crippen LogP contribution >= 0.6 is 0 Å². The first-order valence-corrected chi connectivity index (χ1v) is 20.4. The summed E-state index contributed by atoms with van der Waals surface area (Å²) in [5.74, 6) is -6.15. The van der Waals surface area contributed by atoms with Crippen LogP contribution in [0.1, 0.15) is 74.4 Å². The van der Waals surface area contributed by atoms with Crippen molar-refractivity contribution in [2.75, 3.05) is 47.1 Å². The van der Waals surface area contributed by atoms with Crippen LogP contribution in [0, 0.1) is 0 Å². The van der Waals surface area contributed by atoms with E-state index >= 15 is 0 Å². The molecule has 4 saturated heterocycles. The summed E-state index contributed by atoms with van der Waals surface area (Å²) < 4.78 is 32.2. The van der Waals surface area contributed by atoms with Gasteiger partial charge >= 0.3 is 17.9 Å². The standard InChI is InChI=1S/C20H25NO12.C20H27NO10/c1-31-17-12(24)7(4-21-3-6(23)2-8(21)19(28)29)10-11(14(17)26)16-18(33-20(10)30)15(27)13(25)9(5-22)32-16;1-29-18-13(24)9(5-21-4-2-3-8(21)6-22)11-12(15(18)26)17-19(31-20(11)28)16(27)14(25)10(7-23)30-17/h6,8-9,13,15-16,18,22-27H,2-5H2,1H3,(H,28,29);8,10,14,16-17,19,22-27H,2-7H2,1H3. The van der Waals surface area contributed by atoms with Gasteiger partial charge in [0.1, 0.15) is 54.9 Å². The first-order valence-electron chi connectivity index (χ1n) is 20.4. The number of benzene rings is 2. The van der Waals surface area contributed by atoms with Crippen LogP contribution in [0.15, 0.2) is 0 Å². The van der Waals surface area contributed by atoms with Crippen LogP contribution in [0.3, 0.4) is 0 Å². The third-order valence-electron chi connectivity index (χ3n) is 12.8. The van der Waals surface area contributed by atoms with E-state index in [1.54, 1.807) is 0 Å². The Balaban J connectivity index is 0.000000192. The monoisotopic (exact) mass is 912 g/mol. The predicted octanol–water partition coefficient (Wildman–Crippen LogP) is -3.42. The fourth-order valence-electron chi connectivity index (χ4n) is 9.56. The number of hydrogen-bond donors (Lipinski definition) is 13. The van der Waals surface area contributed by atoms with Crippen LogP contribution in [0.2, 0.25) is 0 Å². The van der Waals surface area contributed by atoms with Crippen LogP contribution in [-0.4, -0.2) is 208 Å². The lowest BCUT2D eigenvalue weighted by Crippen LogP contribution is -2.58. The molecule has 0 amide bonds. The van der Waals surface area contributed by atoms with Gasteiger partial charge in [-0.2, -0.15) is 0 Å². The van der Waals surface area contributed by atoms with Crippen LogP contribution in [0.5, 0.6) is 34.5 Å². The summed E-state index contributed by atoms with van der Waals surface area (Å²) in [6.07, 6.45) is -13.4. The van der Waals surface area contributed by atoms with Crippen LogP contribution in [0.25, 0.3) is 0 Å². The summed E-state index contributed by atoms with van der Waals surface area (Å²) in [7, 11) is 2.40. The average molecular weight is 913 g/mol. The molecule has 0 radical (unpaired) electrons. The molecule has 2 aromatic rings. The molecule has 6 aliphatic rings. The molecule has 6 heterocycles. The molecule has 0 spiro atoms. The van der Waals surface area contributed by atoms with Crippen LogP contribution in [0.4, 0.5) is 0 Å². The largest absolute Gasteiger partial charge is 0.504 e. The number of carbonyl (C=O) groups is 3. The molecule has 354 valence electrons. The number of aliphatic carboxylic acids is 1. The fraction of sp³-hybridized carbons (Fsp3) is 0.625. The molecule has 4 fully saturated rings. The normalized spacial score (nSPS) is 33.4. The number of β-amino-alcohol motifs (C(OH)–C–C–N with tert-alkyl or cyclic N) is 1. The van der Waals surface area contributed by atoms with Gasteiger partial charge in [-0.05, 0) is 19.4 Å². The Morgan fingerprint density at radius 2 is 1.12 bits per heavy atom. The van der Waals surface area contributed by atoms with Crippen LogP contribution in [-0.2, 0) is 36.8 Å². The minimum absolute atomic E-state index is 0.0463. The summed E-state index contributed by atoms with van der Waals surface area (Å²) in [5.41, 5.74) is -0.683. The van der Waals surface area contributed by atoms with E-state index in [9.17, 15) is 80.8 Å². The number of carboxylic acids is 1. The fourth-order valence-corrected chi connectivity index (χ4v) is 9.56. The lowest BCUT2D eigenvalue weighted by molar-refractivity contribution is -0.235. The number of carboxylic acid groups (broad SMARTS) is 1. The lowest BCUT2D eigenvalue weighted by atomic mass is 9.84. The number of likely N-dealkylation sites (tertiary alicyclic amines) is 2. The Morgan fingerprint density at radius 1 is 0.672 bits per heavy atom. The van der Waals surface area contributed by atoms with Gasteiger partial charge in [0, 0.05) is 54.4 Å². The highest BCUT2D eigenvalue weighted by Gasteiger charge is 2.55. The number of phenolic OH excluding ortho intramolecular Hbond substituents is 4. The molecule has 24 heteroatoms. The van der Waals surface area contributed by atoms with Gasteiger partial charge in [0.05, 0.1) is 51.3 Å². The zero-order valence-corrected chi connectivity index (χ0v) is 34.5. The van der Waals surface area contributed by atoms with Gasteiger partial charge < -0.3 is 94.8 Å². The van der Waals surface area contributed by atoms with Crippen molar-refractivity contribution in [3.05, 3.63) is 33.4 Å². The van der Waals surface area contributed by atoms with E-state index in [1.165, 1.54) is 12.0 Å². The predicted molar refractivity (Wildman–Crippen MR) is 207 cm³/mol. The lowest BCUT2D eigenvalue weighted by Gasteiger charge is -2.45. The van der Waals surface area contributed by atoms with Crippen molar-refractivity contribution in [1.82, 2.24) is 9.80 Å². The van der Waals surface area contributed by atoms with Crippen molar-refractivity contribution in [3.63, 3.8) is 0 Å². The van der Waals surface area contributed by atoms with E-state index in [1.807, 2.05) is 4.90 Å². The Labute approximate surface area is 363 Å². The number of ether oxygens (including phenoxy) is 6. The number of aliphatic hydroxyl groups is 8. The average Bonchev–Trinajstić information content (AvgIpc) is 3.89. The molecule has 13 unspecified atom stereocenters. The number of aliphatic hydroxyl groups excluding tert-OH is 8. The second-order valence-electron chi connectivity index (χ2n) is 16.4. The number of rotatable bonds is 10. The summed E-state index contributed by atoms with van der Waals surface area (Å²) in [6.45, 7) is -1.03. The van der Waals surface area contributed by atoms with Gasteiger partial charge in [0.15, 0.2) is 35.2 Å². The second-order valence-corrected chi connectivity index (χ2v) is 16.4. The molecule has 13 atom stereocenters. The van der Waals surface area contributed by atoms with Crippen molar-refractivity contribution in [3.8, 4) is 34.5 Å². The highest BCUT2D eigenvalue weighted by atomic mass is 16.6. The minimum Gasteiger partial charge on any atom is -0.504 e. The van der Waals surface area contributed by atoms with Gasteiger partial charge in [-0.1, -0.05) is 0 Å². The smallest absolute Gasteiger partial charge is 0.339 e. The zero-order valence-electron chi connectivity index (χ0n) is 34.5. The van der Waals surface area contributed by atoms with E-state index in [2.05, 4.69) is 0 Å². The van der Waals surface area contributed by atoms with E-state index in [0.717, 1.165) is 20.0 Å². The molecule has 13 N–H and O–H groups in total. The Morgan fingerprint density at radius 3 is 1.53 bits per heavy atom. The van der Waals surface area contributed by atoms with E-state index < -0.39 is 133 Å². The third-order valence-corrected chi connectivity index (χ3v) is 12.8. The molecular weight excluding hydrogens is 860 g/mol. The summed E-state index contributed by atoms with van der Waals surface area (Å²) in [5, 5.41) is 132. The first kappa shape index (κ1) is 47.1. The minimum atomic E-state index is -1.65. The Bertz CT molecular complexity index is 2120. The van der Waals surface area contributed by atoms with Gasteiger partial charge in [0.2, 0.25) is 11.5 Å². The molecule has 0 saturated carbocycles. The molecule has 6 aliphatic heterocycles. The zero-order chi connectivity index (χ0) is 46.6. The number of methoxy groups -OCH3 is 2. The van der Waals surface area contributed by atoms with Gasteiger partial charge in [-0.25, -0.2) is 9.59 Å². The van der Waals surface area contributed by atoms with Crippen molar-refractivity contribution in [1.29, 1.82) is 0 Å². The van der Waals surface area contributed by atoms with Gasteiger partial charge in [-0.15, -0.1) is 0 Å². The second kappa shape index (κ2) is 18.6. The first-order chi connectivity index (χ1) is 30.4. The highest BCUT2D eigenvalue weighted by Crippen LogP contribution is 2.54. The Hall–Kier alpha value is -4.83. The summed E-state index contributed by atoms with van der Waals surface area (Å²) in [4.78, 5) is 40.8. The summed E-state index contributed by atoms with van der Waals surface area (Å²) >= 11 is 0. The molecular formula is C40H52N2O22. The number of aromatic hydroxyl groups is 4. The topological polar surface area (TPSA) is 376 Å².